The highest BCUT2D eigenvalue weighted by Crippen LogP contribution is 2.28. The van der Waals surface area contributed by atoms with Gasteiger partial charge in [0.05, 0.1) is 10.6 Å². The van der Waals surface area contributed by atoms with Crippen LogP contribution in [0.2, 0.25) is 0 Å². The quantitative estimate of drug-likeness (QED) is 0.377. The normalized spacial score (nSPS) is 11.4. The SMILES string of the molecule is Cc1ccc(-c2nnc(SCC(=O)Nc3cccc(S(N)(=O)=O)c3)n2-c2ccc(C)cc2)cc1. The molecule has 0 aliphatic carbocycles. The van der Waals surface area contributed by atoms with E-state index >= 15 is 0 Å². The van der Waals surface area contributed by atoms with Crippen LogP contribution in [0.15, 0.2) is 82.8 Å². The smallest absolute Gasteiger partial charge is 0.238 e. The van der Waals surface area contributed by atoms with Gasteiger partial charge >= 0.3 is 0 Å². The first-order chi connectivity index (χ1) is 16.2. The van der Waals surface area contributed by atoms with Crippen molar-refractivity contribution >= 4 is 33.4 Å². The molecule has 0 aliphatic heterocycles. The van der Waals surface area contributed by atoms with Crippen LogP contribution < -0.4 is 10.5 Å². The van der Waals surface area contributed by atoms with Crippen molar-refractivity contribution in [3.63, 3.8) is 0 Å². The number of hydrogen-bond donors (Lipinski definition) is 2. The molecule has 1 amide bonds. The average molecular weight is 494 g/mol. The van der Waals surface area contributed by atoms with Gasteiger partial charge in [0.2, 0.25) is 15.9 Å². The Kier molecular flexibility index (Phi) is 6.82. The summed E-state index contributed by atoms with van der Waals surface area (Å²) in [6, 6.07) is 21.8. The van der Waals surface area contributed by atoms with Crippen molar-refractivity contribution in [2.24, 2.45) is 5.14 Å². The lowest BCUT2D eigenvalue weighted by molar-refractivity contribution is -0.113. The van der Waals surface area contributed by atoms with Crippen LogP contribution in [0, 0.1) is 13.8 Å². The van der Waals surface area contributed by atoms with E-state index < -0.39 is 10.0 Å². The van der Waals surface area contributed by atoms with E-state index in [4.69, 9.17) is 5.14 Å². The Hall–Kier alpha value is -3.47. The van der Waals surface area contributed by atoms with Crippen molar-refractivity contribution in [1.82, 2.24) is 14.8 Å². The summed E-state index contributed by atoms with van der Waals surface area (Å²) in [6.45, 7) is 4.04. The van der Waals surface area contributed by atoms with Crippen molar-refractivity contribution in [3.8, 4) is 17.1 Å². The van der Waals surface area contributed by atoms with Crippen molar-refractivity contribution in [3.05, 3.63) is 83.9 Å². The highest BCUT2D eigenvalue weighted by Gasteiger charge is 2.18. The fourth-order valence-electron chi connectivity index (χ4n) is 3.26. The van der Waals surface area contributed by atoms with E-state index in [-0.39, 0.29) is 16.6 Å². The van der Waals surface area contributed by atoms with Gasteiger partial charge in [-0.05, 0) is 44.2 Å². The number of nitrogens with two attached hydrogens (primary N) is 1. The summed E-state index contributed by atoms with van der Waals surface area (Å²) in [5, 5.41) is 17.2. The van der Waals surface area contributed by atoms with E-state index in [0.29, 0.717) is 16.7 Å². The van der Waals surface area contributed by atoms with Crippen LogP contribution in [0.4, 0.5) is 5.69 Å². The number of rotatable bonds is 7. The molecule has 0 saturated carbocycles. The largest absolute Gasteiger partial charge is 0.325 e. The van der Waals surface area contributed by atoms with Gasteiger partial charge in [0.15, 0.2) is 11.0 Å². The Morgan fingerprint density at radius 2 is 1.62 bits per heavy atom. The maximum Gasteiger partial charge on any atom is 0.238 e. The second-order valence-electron chi connectivity index (χ2n) is 7.75. The van der Waals surface area contributed by atoms with E-state index in [1.807, 2.05) is 66.9 Å². The highest BCUT2D eigenvalue weighted by molar-refractivity contribution is 7.99. The van der Waals surface area contributed by atoms with Crippen LogP contribution in [-0.4, -0.2) is 34.8 Å². The molecule has 0 unspecified atom stereocenters. The molecule has 1 aromatic heterocycles. The van der Waals surface area contributed by atoms with Gasteiger partial charge < -0.3 is 5.32 Å². The number of amides is 1. The van der Waals surface area contributed by atoms with Crippen LogP contribution in [0.25, 0.3) is 17.1 Å². The lowest BCUT2D eigenvalue weighted by Crippen LogP contribution is -2.16. The zero-order valence-electron chi connectivity index (χ0n) is 18.6. The van der Waals surface area contributed by atoms with Gasteiger partial charge in [0, 0.05) is 16.9 Å². The molecule has 4 aromatic rings. The fraction of sp³-hybridized carbons (Fsp3) is 0.125. The summed E-state index contributed by atoms with van der Waals surface area (Å²) < 4.78 is 25.0. The molecule has 3 aromatic carbocycles. The van der Waals surface area contributed by atoms with Gasteiger partial charge in [0.1, 0.15) is 0 Å². The molecule has 174 valence electrons. The molecule has 34 heavy (non-hydrogen) atoms. The number of anilines is 1. The summed E-state index contributed by atoms with van der Waals surface area (Å²) >= 11 is 1.24. The molecule has 10 heteroatoms. The molecule has 8 nitrogen and oxygen atoms in total. The van der Waals surface area contributed by atoms with Crippen LogP contribution in [0.3, 0.4) is 0 Å². The number of hydrogen-bond acceptors (Lipinski definition) is 6. The predicted octanol–water partition coefficient (Wildman–Crippen LogP) is 3.93. The summed E-state index contributed by atoms with van der Waals surface area (Å²) in [4.78, 5) is 12.5. The highest BCUT2D eigenvalue weighted by atomic mass is 32.2. The minimum atomic E-state index is -3.86. The lowest BCUT2D eigenvalue weighted by atomic mass is 10.1. The van der Waals surface area contributed by atoms with Crippen molar-refractivity contribution < 1.29 is 13.2 Å². The molecule has 4 rings (SSSR count). The van der Waals surface area contributed by atoms with Crippen LogP contribution >= 0.6 is 11.8 Å². The molecule has 0 atom stereocenters. The van der Waals surface area contributed by atoms with Crippen molar-refractivity contribution in [2.75, 3.05) is 11.1 Å². The third kappa shape index (κ3) is 5.53. The van der Waals surface area contributed by atoms with E-state index in [9.17, 15) is 13.2 Å². The first-order valence-electron chi connectivity index (χ1n) is 10.4. The first kappa shape index (κ1) is 23.7. The Balaban J connectivity index is 1.58. The van der Waals surface area contributed by atoms with Crippen LogP contribution in [0.1, 0.15) is 11.1 Å². The Morgan fingerprint density at radius 1 is 0.971 bits per heavy atom. The van der Waals surface area contributed by atoms with E-state index in [1.54, 1.807) is 6.07 Å². The second-order valence-corrected chi connectivity index (χ2v) is 10.3. The molecule has 0 aliphatic rings. The van der Waals surface area contributed by atoms with Gasteiger partial charge in [-0.15, -0.1) is 10.2 Å². The third-order valence-corrected chi connectivity index (χ3v) is 6.85. The number of thioether (sulfide) groups is 1. The molecule has 0 bridgehead atoms. The monoisotopic (exact) mass is 493 g/mol. The minimum absolute atomic E-state index is 0.0531. The van der Waals surface area contributed by atoms with Crippen LogP contribution in [0.5, 0.6) is 0 Å². The maximum atomic E-state index is 12.6. The molecular formula is C24H23N5O3S2. The number of aromatic nitrogens is 3. The summed E-state index contributed by atoms with van der Waals surface area (Å²) in [7, 11) is -3.86. The van der Waals surface area contributed by atoms with E-state index in [1.165, 1.54) is 30.0 Å². The third-order valence-electron chi connectivity index (χ3n) is 5.01. The van der Waals surface area contributed by atoms with Gasteiger partial charge in [-0.1, -0.05) is 65.4 Å². The Bertz CT molecular complexity index is 1430. The van der Waals surface area contributed by atoms with E-state index in [2.05, 4.69) is 15.5 Å². The first-order valence-corrected chi connectivity index (χ1v) is 12.9. The molecule has 1 heterocycles. The predicted molar refractivity (Wildman–Crippen MR) is 133 cm³/mol. The Labute approximate surface area is 202 Å². The van der Waals surface area contributed by atoms with Gasteiger partial charge in [-0.25, -0.2) is 13.6 Å². The van der Waals surface area contributed by atoms with E-state index in [0.717, 1.165) is 22.4 Å². The number of carbonyl (C=O) groups excluding carboxylic acids is 1. The standard InChI is InChI=1S/C24H23N5O3S2/c1-16-6-10-18(11-7-16)23-27-28-24(29(23)20-12-8-17(2)9-13-20)33-15-22(30)26-19-4-3-5-21(14-19)34(25,31)32/h3-14H,15H2,1-2H3,(H,26,30)(H2,25,31,32). The molecule has 3 N–H and O–H groups in total. The molecular weight excluding hydrogens is 470 g/mol. The number of sulfonamides is 1. The summed E-state index contributed by atoms with van der Waals surface area (Å²) in [5.74, 6) is 0.414. The van der Waals surface area contributed by atoms with Gasteiger partial charge in [0.25, 0.3) is 0 Å². The number of primary sulfonamides is 1. The number of carbonyl (C=O) groups is 1. The number of nitrogens with one attached hydrogen (secondary N) is 1. The summed E-state index contributed by atoms with van der Waals surface area (Å²) in [5.41, 5.74) is 4.41. The zero-order chi connectivity index (χ0) is 24.3. The zero-order valence-corrected chi connectivity index (χ0v) is 20.2. The van der Waals surface area contributed by atoms with Gasteiger partial charge in [-0.2, -0.15) is 0 Å². The summed E-state index contributed by atoms with van der Waals surface area (Å²) in [6.07, 6.45) is 0. The second kappa shape index (κ2) is 9.80. The number of nitrogens with zero attached hydrogens (tertiary/aromatic N) is 3. The average Bonchev–Trinajstić information content (AvgIpc) is 3.22. The lowest BCUT2D eigenvalue weighted by Gasteiger charge is -2.11. The van der Waals surface area contributed by atoms with Crippen molar-refractivity contribution in [1.29, 1.82) is 0 Å². The number of benzene rings is 3. The Morgan fingerprint density at radius 3 is 2.26 bits per heavy atom. The van der Waals surface area contributed by atoms with Gasteiger partial charge in [-0.3, -0.25) is 9.36 Å². The number of aryl methyl sites for hydroxylation is 2. The van der Waals surface area contributed by atoms with Crippen molar-refractivity contribution in [2.45, 2.75) is 23.9 Å². The topological polar surface area (TPSA) is 120 Å². The van der Waals surface area contributed by atoms with Crippen LogP contribution in [-0.2, 0) is 14.8 Å². The molecule has 0 spiro atoms. The minimum Gasteiger partial charge on any atom is -0.325 e. The molecule has 0 saturated heterocycles. The molecule has 0 radical (unpaired) electrons. The molecule has 0 fully saturated rings. The fourth-order valence-corrected chi connectivity index (χ4v) is 4.57. The maximum absolute atomic E-state index is 12.6.